The van der Waals surface area contributed by atoms with E-state index in [0.29, 0.717) is 4.47 Å². The van der Waals surface area contributed by atoms with Crippen LogP contribution in [0.15, 0.2) is 28.7 Å². The molecule has 0 aliphatic rings. The zero-order chi connectivity index (χ0) is 13.3. The minimum atomic E-state index is -5.67. The third kappa shape index (κ3) is 3.43. The summed E-state index contributed by atoms with van der Waals surface area (Å²) in [5, 5.41) is 0. The molecular weight excluding hydrogens is 327 g/mol. The smallest absolute Gasteiger partial charge is 0.268 e. The van der Waals surface area contributed by atoms with Crippen molar-refractivity contribution in [1.29, 1.82) is 0 Å². The molecule has 0 fully saturated rings. The third-order valence-electron chi connectivity index (χ3n) is 1.64. The Balaban J connectivity index is 2.91. The predicted octanol–water partition coefficient (Wildman–Crippen LogP) is 2.03. The molecule has 0 saturated heterocycles. The fraction of sp³-hybridized carbons (Fsp3) is 0.125. The van der Waals surface area contributed by atoms with E-state index >= 15 is 0 Å². The lowest BCUT2D eigenvalue weighted by Crippen LogP contribution is -2.40. The topological polar surface area (TPSA) is 63.2 Å². The largest absolute Gasteiger partial charge is 0.516 e. The zero-order valence-corrected chi connectivity index (χ0v) is 10.4. The SMILES string of the molecule is O=C(NS(=O)(=O)C(F)(F)F)c1ccc(Br)cc1. The highest BCUT2D eigenvalue weighted by Gasteiger charge is 2.47. The van der Waals surface area contributed by atoms with Gasteiger partial charge in [0.25, 0.3) is 5.91 Å². The lowest BCUT2D eigenvalue weighted by molar-refractivity contribution is -0.0446. The highest BCUT2D eigenvalue weighted by Crippen LogP contribution is 2.22. The quantitative estimate of drug-likeness (QED) is 0.901. The Morgan fingerprint density at radius 3 is 2.06 bits per heavy atom. The maximum absolute atomic E-state index is 12.0. The molecule has 0 radical (unpaired) electrons. The molecule has 94 valence electrons. The van der Waals surface area contributed by atoms with Crippen LogP contribution in [0.5, 0.6) is 0 Å². The van der Waals surface area contributed by atoms with Gasteiger partial charge in [0.05, 0.1) is 0 Å². The van der Waals surface area contributed by atoms with Crippen molar-refractivity contribution in [2.45, 2.75) is 5.51 Å². The van der Waals surface area contributed by atoms with Gasteiger partial charge >= 0.3 is 15.5 Å². The summed E-state index contributed by atoms with van der Waals surface area (Å²) in [6.07, 6.45) is 0. The third-order valence-corrected chi connectivity index (χ3v) is 3.23. The lowest BCUT2D eigenvalue weighted by Gasteiger charge is -2.09. The maximum Gasteiger partial charge on any atom is 0.516 e. The van der Waals surface area contributed by atoms with Crippen molar-refractivity contribution < 1.29 is 26.4 Å². The summed E-state index contributed by atoms with van der Waals surface area (Å²) in [5.41, 5.74) is -5.71. The van der Waals surface area contributed by atoms with Crippen LogP contribution in [0.1, 0.15) is 10.4 Å². The van der Waals surface area contributed by atoms with Gasteiger partial charge in [0, 0.05) is 10.0 Å². The van der Waals surface area contributed by atoms with Crippen molar-refractivity contribution in [2.75, 3.05) is 0 Å². The summed E-state index contributed by atoms with van der Waals surface area (Å²) in [7, 11) is -5.67. The molecule has 0 bridgehead atoms. The van der Waals surface area contributed by atoms with Gasteiger partial charge in [-0.25, -0.2) is 4.72 Å². The predicted molar refractivity (Wildman–Crippen MR) is 56.6 cm³/mol. The Labute approximate surface area is 103 Å². The first kappa shape index (κ1) is 14.0. The molecule has 0 atom stereocenters. The summed E-state index contributed by atoms with van der Waals surface area (Å²) in [5.74, 6) is -1.34. The standard InChI is InChI=1S/C8H5BrF3NO3S/c9-6-3-1-5(2-4-6)7(14)13-17(15,16)8(10,11)12/h1-4H,(H,13,14). The molecule has 17 heavy (non-hydrogen) atoms. The van der Waals surface area contributed by atoms with Crippen LogP contribution in [0.3, 0.4) is 0 Å². The fourth-order valence-corrected chi connectivity index (χ4v) is 1.58. The number of alkyl halides is 3. The molecule has 0 aliphatic heterocycles. The first-order valence-corrected chi connectivity index (χ1v) is 6.30. The second-order valence-electron chi connectivity index (χ2n) is 2.89. The number of carbonyl (C=O) groups excluding carboxylic acids is 1. The molecule has 9 heteroatoms. The van der Waals surface area contributed by atoms with E-state index in [-0.39, 0.29) is 5.56 Å². The van der Waals surface area contributed by atoms with Crippen LogP contribution in [0.25, 0.3) is 0 Å². The van der Waals surface area contributed by atoms with Crippen LogP contribution >= 0.6 is 15.9 Å². The first-order valence-electron chi connectivity index (χ1n) is 4.02. The van der Waals surface area contributed by atoms with Gasteiger partial charge in [-0.3, -0.25) is 4.79 Å². The van der Waals surface area contributed by atoms with Gasteiger partial charge in [-0.2, -0.15) is 21.6 Å². The minimum Gasteiger partial charge on any atom is -0.268 e. The number of hydrogen-bond donors (Lipinski definition) is 1. The number of nitrogens with one attached hydrogen (secondary N) is 1. The summed E-state index contributed by atoms with van der Waals surface area (Å²) in [6, 6.07) is 5.17. The molecule has 0 heterocycles. The first-order chi connectivity index (χ1) is 7.63. The molecule has 0 saturated carbocycles. The monoisotopic (exact) mass is 331 g/mol. The highest BCUT2D eigenvalue weighted by atomic mass is 79.9. The fourth-order valence-electron chi connectivity index (χ4n) is 0.840. The van der Waals surface area contributed by atoms with E-state index in [4.69, 9.17) is 0 Å². The van der Waals surface area contributed by atoms with E-state index in [9.17, 15) is 26.4 Å². The normalized spacial score (nSPS) is 12.2. The number of halogens is 4. The van der Waals surface area contributed by atoms with Gasteiger partial charge in [0.2, 0.25) is 0 Å². The Morgan fingerprint density at radius 2 is 1.65 bits per heavy atom. The number of carbonyl (C=O) groups is 1. The molecule has 1 aromatic rings. The number of rotatable bonds is 2. The van der Waals surface area contributed by atoms with Crippen molar-refractivity contribution in [2.24, 2.45) is 0 Å². The number of amides is 1. The Morgan fingerprint density at radius 1 is 1.18 bits per heavy atom. The van der Waals surface area contributed by atoms with Gasteiger partial charge in [-0.15, -0.1) is 0 Å². The van der Waals surface area contributed by atoms with Crippen molar-refractivity contribution in [3.63, 3.8) is 0 Å². The van der Waals surface area contributed by atoms with Gasteiger partial charge in [-0.1, -0.05) is 15.9 Å². The van der Waals surface area contributed by atoms with E-state index in [0.717, 1.165) is 4.72 Å². The maximum atomic E-state index is 12.0. The second kappa shape index (κ2) is 4.65. The molecule has 1 amide bonds. The average molecular weight is 332 g/mol. The van der Waals surface area contributed by atoms with Gasteiger partial charge < -0.3 is 0 Å². The number of sulfonamides is 1. The second-order valence-corrected chi connectivity index (χ2v) is 5.48. The summed E-state index contributed by atoms with van der Waals surface area (Å²) < 4.78 is 58.7. The van der Waals surface area contributed by atoms with E-state index < -0.39 is 21.4 Å². The van der Waals surface area contributed by atoms with E-state index in [1.54, 1.807) is 0 Å². The molecule has 0 aromatic heterocycles. The van der Waals surface area contributed by atoms with Crippen molar-refractivity contribution in [3.05, 3.63) is 34.3 Å². The lowest BCUT2D eigenvalue weighted by atomic mass is 10.2. The van der Waals surface area contributed by atoms with Crippen LogP contribution in [0, 0.1) is 0 Å². The Hall–Kier alpha value is -1.09. The molecule has 1 N–H and O–H groups in total. The van der Waals surface area contributed by atoms with Crippen LogP contribution < -0.4 is 4.72 Å². The molecular formula is C8H5BrF3NO3S. The highest BCUT2D eigenvalue weighted by molar-refractivity contribution is 9.10. The van der Waals surface area contributed by atoms with Gasteiger partial charge in [-0.05, 0) is 24.3 Å². The summed E-state index contributed by atoms with van der Waals surface area (Å²) >= 11 is 3.06. The van der Waals surface area contributed by atoms with Gasteiger partial charge in [0.1, 0.15) is 0 Å². The Kier molecular flexibility index (Phi) is 3.82. The number of benzene rings is 1. The minimum absolute atomic E-state index is 0.193. The van der Waals surface area contributed by atoms with Crippen molar-refractivity contribution in [3.8, 4) is 0 Å². The van der Waals surface area contributed by atoms with Crippen LogP contribution in [0.4, 0.5) is 13.2 Å². The average Bonchev–Trinajstić information content (AvgIpc) is 2.16. The van der Waals surface area contributed by atoms with E-state index in [1.165, 1.54) is 24.3 Å². The molecule has 1 aromatic carbocycles. The Bertz CT molecular complexity index is 524. The van der Waals surface area contributed by atoms with Crippen molar-refractivity contribution in [1.82, 2.24) is 4.72 Å². The molecule has 4 nitrogen and oxygen atoms in total. The van der Waals surface area contributed by atoms with Crippen LogP contribution in [0.2, 0.25) is 0 Å². The summed E-state index contributed by atoms with van der Waals surface area (Å²) in [4.78, 5) is 11.2. The summed E-state index contributed by atoms with van der Waals surface area (Å²) in [6.45, 7) is 0. The molecule has 1 rings (SSSR count). The van der Waals surface area contributed by atoms with Crippen LogP contribution in [-0.4, -0.2) is 19.8 Å². The van der Waals surface area contributed by atoms with E-state index in [1.807, 2.05) is 0 Å². The molecule has 0 spiro atoms. The zero-order valence-electron chi connectivity index (χ0n) is 7.95. The van der Waals surface area contributed by atoms with E-state index in [2.05, 4.69) is 15.9 Å². The van der Waals surface area contributed by atoms with Gasteiger partial charge in [0.15, 0.2) is 0 Å². The molecule has 0 unspecified atom stereocenters. The van der Waals surface area contributed by atoms with Crippen molar-refractivity contribution >= 4 is 31.9 Å². The molecule has 0 aliphatic carbocycles. The number of hydrogen-bond acceptors (Lipinski definition) is 3. The van der Waals surface area contributed by atoms with Crippen LogP contribution in [-0.2, 0) is 10.0 Å².